The molecule has 1 unspecified atom stereocenters. The average Bonchev–Trinajstić information content (AvgIpc) is 1.99. The van der Waals surface area contributed by atoms with Crippen LogP contribution in [0.3, 0.4) is 0 Å². The third-order valence-electron chi connectivity index (χ3n) is 1.23. The summed E-state index contributed by atoms with van der Waals surface area (Å²) in [7, 11) is -2.56. The zero-order chi connectivity index (χ0) is 8.74. The van der Waals surface area contributed by atoms with Gasteiger partial charge in [-0.2, -0.15) is 0 Å². The van der Waals surface area contributed by atoms with Gasteiger partial charge in [-0.3, -0.25) is 9.05 Å². The Labute approximate surface area is 181 Å². The molecule has 15 heavy (non-hydrogen) atoms. The first-order chi connectivity index (χ1) is 5.12. The van der Waals surface area contributed by atoms with Gasteiger partial charge in [0.25, 0.3) is 0 Å². The molecule has 0 bridgehead atoms. The van der Waals surface area contributed by atoms with Gasteiger partial charge in [-0.15, -0.1) is 0 Å². The quantitative estimate of drug-likeness (QED) is 0.398. The van der Waals surface area contributed by atoms with Crippen LogP contribution < -0.4 is 0 Å². The van der Waals surface area contributed by atoms with Crippen molar-refractivity contribution in [2.24, 2.45) is 0 Å². The molecule has 0 heterocycles. The van der Waals surface area contributed by atoms with Crippen molar-refractivity contribution in [2.75, 3.05) is 13.7 Å². The number of hydrogen-bond acceptors (Lipinski definition) is 3. The van der Waals surface area contributed by atoms with Gasteiger partial charge in [0.1, 0.15) is 0 Å². The fourth-order valence-corrected chi connectivity index (χ4v) is 1.05. The van der Waals surface area contributed by atoms with Crippen LogP contribution in [0, 0.1) is 0 Å². The minimum atomic E-state index is -3.71. The normalized spacial score (nSPS) is 11.9. The molecule has 4 nitrogen and oxygen atoms in total. The van der Waals surface area contributed by atoms with Crippen molar-refractivity contribution in [3.8, 4) is 0 Å². The molecular formula is C6H19Na4O4P. The Morgan fingerprint density at radius 2 is 1.60 bits per heavy atom. The second-order valence-electron chi connectivity index (χ2n) is 2.19. The summed E-state index contributed by atoms with van der Waals surface area (Å²) in [4.78, 5) is 8.73. The van der Waals surface area contributed by atoms with E-state index in [1.807, 2.05) is 0 Å². The second-order valence-corrected chi connectivity index (χ2v) is 3.75. The molecule has 0 radical (unpaired) electrons. The van der Waals surface area contributed by atoms with E-state index in [9.17, 15) is 4.57 Å². The Morgan fingerprint density at radius 1 is 1.13 bits per heavy atom. The number of phosphoric acid groups is 1. The van der Waals surface area contributed by atoms with E-state index in [2.05, 4.69) is 16.0 Å². The van der Waals surface area contributed by atoms with Crippen LogP contribution in [-0.2, 0) is 13.6 Å². The Morgan fingerprint density at radius 3 is 1.93 bits per heavy atom. The molecule has 0 spiro atoms. The molecule has 0 aromatic carbocycles. The van der Waals surface area contributed by atoms with Gasteiger partial charge in [0.05, 0.1) is 6.61 Å². The zero-order valence-corrected chi connectivity index (χ0v) is 7.84. The van der Waals surface area contributed by atoms with Crippen molar-refractivity contribution in [2.45, 2.75) is 26.2 Å². The molecule has 0 aliphatic rings. The summed E-state index contributed by atoms with van der Waals surface area (Å²) in [6.45, 7) is 2.34. The summed E-state index contributed by atoms with van der Waals surface area (Å²) in [5.74, 6) is 0. The topological polar surface area (TPSA) is 55.8 Å². The first-order valence-electron chi connectivity index (χ1n) is 3.65. The molecular weight excluding hydrogens is 259 g/mol. The van der Waals surface area contributed by atoms with Gasteiger partial charge < -0.3 is 4.89 Å². The summed E-state index contributed by atoms with van der Waals surface area (Å²) >= 11 is 0. The molecule has 1 N–H and O–H groups in total. The summed E-state index contributed by atoms with van der Waals surface area (Å²) in [5, 5.41) is 0. The molecule has 0 aromatic rings. The fraction of sp³-hybridized carbons (Fsp3) is 1.00. The maximum atomic E-state index is 10.7. The Bertz CT molecular complexity index is 149. The first-order valence-corrected chi connectivity index (χ1v) is 5.15. The van der Waals surface area contributed by atoms with Crippen molar-refractivity contribution < 1.29 is 18.5 Å². The molecule has 0 saturated carbocycles. The van der Waals surface area contributed by atoms with E-state index in [0.717, 1.165) is 26.4 Å². The molecule has 9 heteroatoms. The van der Waals surface area contributed by atoms with E-state index >= 15 is 0 Å². The molecule has 1 atom stereocenters. The molecule has 0 aliphatic carbocycles. The number of phosphoric ester groups is 1. The van der Waals surface area contributed by atoms with Crippen LogP contribution in [0.2, 0.25) is 0 Å². The maximum absolute atomic E-state index is 10.7. The summed E-state index contributed by atoms with van der Waals surface area (Å²) < 4.78 is 19.4. The molecule has 0 rings (SSSR count). The summed E-state index contributed by atoms with van der Waals surface area (Å²) in [5.41, 5.74) is 0. The van der Waals surface area contributed by atoms with Crippen molar-refractivity contribution in [1.29, 1.82) is 0 Å². The van der Waals surface area contributed by atoms with Crippen LogP contribution >= 0.6 is 7.82 Å². The summed E-state index contributed by atoms with van der Waals surface area (Å²) in [6, 6.07) is 0. The van der Waals surface area contributed by atoms with Crippen LogP contribution in [0.1, 0.15) is 26.2 Å². The van der Waals surface area contributed by atoms with E-state index in [0.29, 0.717) is 0 Å². The van der Waals surface area contributed by atoms with Gasteiger partial charge in [-0.25, -0.2) is 4.57 Å². The van der Waals surface area contributed by atoms with Crippen molar-refractivity contribution in [3.63, 3.8) is 0 Å². The Kier molecular flexibility index (Phi) is 42.9. The number of unbranched alkanes of at least 4 members (excludes halogenated alkanes) is 2. The fourth-order valence-electron chi connectivity index (χ4n) is 0.585. The van der Waals surface area contributed by atoms with Gasteiger partial charge in [-0.1, -0.05) is 19.8 Å². The average molecular weight is 278 g/mol. The van der Waals surface area contributed by atoms with Crippen LogP contribution in [0.4, 0.5) is 0 Å². The standard InChI is InChI=1S/C6H15O4P.4Na.4H/c1-3-4-5-6-10-11(7,8)9-2;;;;;;;;/h3-6H2,1-2H3,(H,7,8);;;;;;;;. The Hall–Kier alpha value is 4.11. The second kappa shape index (κ2) is 20.4. The third kappa shape index (κ3) is 23.6. The molecule has 0 fully saturated rings. The molecule has 76 valence electrons. The molecule has 0 saturated heterocycles. The Balaban J connectivity index is -0.0000000833. The minimum absolute atomic E-state index is 0. The predicted molar refractivity (Wildman–Crippen MR) is 70.9 cm³/mol. The summed E-state index contributed by atoms with van der Waals surface area (Å²) in [6.07, 6.45) is 2.86. The third-order valence-corrected chi connectivity index (χ3v) is 2.20. The van der Waals surface area contributed by atoms with E-state index in [-0.39, 0.29) is 125 Å². The van der Waals surface area contributed by atoms with Crippen molar-refractivity contribution in [3.05, 3.63) is 0 Å². The number of rotatable bonds is 6. The molecule has 0 amide bonds. The monoisotopic (exact) mass is 278 g/mol. The molecule has 0 aromatic heterocycles. The van der Waals surface area contributed by atoms with E-state index < -0.39 is 7.82 Å². The van der Waals surface area contributed by atoms with Crippen molar-refractivity contribution in [1.82, 2.24) is 0 Å². The van der Waals surface area contributed by atoms with Crippen LogP contribution in [0.25, 0.3) is 0 Å². The van der Waals surface area contributed by atoms with Gasteiger partial charge in [0, 0.05) is 7.11 Å². The van der Waals surface area contributed by atoms with Crippen LogP contribution in [0.5, 0.6) is 0 Å². The van der Waals surface area contributed by atoms with Crippen LogP contribution in [-0.4, -0.2) is 137 Å². The number of hydrogen-bond donors (Lipinski definition) is 1. The first kappa shape index (κ1) is 31.5. The van der Waals surface area contributed by atoms with Crippen molar-refractivity contribution >= 4 is 126 Å². The van der Waals surface area contributed by atoms with Crippen LogP contribution in [0.15, 0.2) is 0 Å². The van der Waals surface area contributed by atoms with E-state index in [1.54, 1.807) is 0 Å². The predicted octanol–water partition coefficient (Wildman–Crippen LogP) is -0.654. The SMILES string of the molecule is CCCCCOP(=O)(O)OC.[NaH].[NaH].[NaH].[NaH]. The molecule has 0 aliphatic heterocycles. The van der Waals surface area contributed by atoms with E-state index in [4.69, 9.17) is 4.89 Å². The van der Waals surface area contributed by atoms with Gasteiger partial charge in [-0.05, 0) is 6.42 Å². The van der Waals surface area contributed by atoms with E-state index in [1.165, 1.54) is 0 Å². The van der Waals surface area contributed by atoms with Gasteiger partial charge in [0.15, 0.2) is 0 Å². The zero-order valence-electron chi connectivity index (χ0n) is 6.95. The van der Waals surface area contributed by atoms with Gasteiger partial charge in [0.2, 0.25) is 0 Å². The van der Waals surface area contributed by atoms with Gasteiger partial charge >= 0.3 is 126 Å².